The summed E-state index contributed by atoms with van der Waals surface area (Å²) in [5, 5.41) is 0.550. The van der Waals surface area contributed by atoms with Gasteiger partial charge in [-0.2, -0.15) is 0 Å². The van der Waals surface area contributed by atoms with Gasteiger partial charge in [0.25, 0.3) is 5.91 Å². The van der Waals surface area contributed by atoms with Crippen molar-refractivity contribution in [1.29, 1.82) is 0 Å². The molecule has 2 unspecified atom stereocenters. The molecule has 17 heavy (non-hydrogen) atoms. The topological polar surface area (TPSA) is 33.2 Å². The van der Waals surface area contributed by atoms with Crippen LogP contribution in [-0.4, -0.2) is 33.7 Å². The van der Waals surface area contributed by atoms with Crippen LogP contribution in [-0.2, 0) is 0 Å². The highest BCUT2D eigenvalue weighted by Crippen LogP contribution is 2.24. The molecule has 1 saturated heterocycles. The van der Waals surface area contributed by atoms with E-state index in [9.17, 15) is 4.79 Å². The third kappa shape index (κ3) is 2.99. The smallest absolute Gasteiger partial charge is 0.272 e. The SMILES string of the molecule is CC1CN(C(=O)c2ccc(Cl)cn2)CCC1Br. The summed E-state index contributed by atoms with van der Waals surface area (Å²) in [5.41, 5.74) is 0.467. The molecule has 2 rings (SSSR count). The summed E-state index contributed by atoms with van der Waals surface area (Å²) in [4.78, 5) is 18.6. The summed E-state index contributed by atoms with van der Waals surface area (Å²) < 4.78 is 0. The Morgan fingerprint density at radius 2 is 2.35 bits per heavy atom. The quantitative estimate of drug-likeness (QED) is 0.746. The molecule has 3 nitrogen and oxygen atoms in total. The number of hydrogen-bond donors (Lipinski definition) is 0. The third-order valence-electron chi connectivity index (χ3n) is 3.03. The molecule has 1 fully saturated rings. The first kappa shape index (κ1) is 12.8. The average Bonchev–Trinajstić information content (AvgIpc) is 2.33. The summed E-state index contributed by atoms with van der Waals surface area (Å²) in [7, 11) is 0. The van der Waals surface area contributed by atoms with Crippen LogP contribution in [0, 0.1) is 5.92 Å². The Hall–Kier alpha value is -0.610. The molecule has 92 valence electrons. The molecule has 2 heterocycles. The Bertz CT molecular complexity index is 409. The monoisotopic (exact) mass is 316 g/mol. The van der Waals surface area contributed by atoms with Gasteiger partial charge in [0.05, 0.1) is 5.02 Å². The first-order valence-corrected chi connectivity index (χ1v) is 6.92. The largest absolute Gasteiger partial charge is 0.337 e. The molecule has 1 amide bonds. The van der Waals surface area contributed by atoms with Gasteiger partial charge < -0.3 is 4.90 Å². The van der Waals surface area contributed by atoms with Crippen molar-refractivity contribution in [1.82, 2.24) is 9.88 Å². The molecular weight excluding hydrogens is 304 g/mol. The number of pyridine rings is 1. The van der Waals surface area contributed by atoms with Crippen molar-refractivity contribution in [2.45, 2.75) is 18.2 Å². The minimum Gasteiger partial charge on any atom is -0.337 e. The number of carbonyl (C=O) groups excluding carboxylic acids is 1. The van der Waals surface area contributed by atoms with E-state index in [-0.39, 0.29) is 5.91 Å². The van der Waals surface area contributed by atoms with Gasteiger partial charge in [0, 0.05) is 24.1 Å². The molecule has 0 aromatic carbocycles. The fraction of sp³-hybridized carbons (Fsp3) is 0.500. The first-order chi connectivity index (χ1) is 8.08. The Morgan fingerprint density at radius 3 is 2.94 bits per heavy atom. The van der Waals surface area contributed by atoms with Gasteiger partial charge in [-0.05, 0) is 24.5 Å². The van der Waals surface area contributed by atoms with Crippen LogP contribution < -0.4 is 0 Å². The molecule has 0 aliphatic carbocycles. The number of hydrogen-bond acceptors (Lipinski definition) is 2. The Balaban J connectivity index is 2.08. The van der Waals surface area contributed by atoms with Crippen LogP contribution in [0.3, 0.4) is 0 Å². The number of rotatable bonds is 1. The van der Waals surface area contributed by atoms with Gasteiger partial charge in [0.1, 0.15) is 5.69 Å². The highest BCUT2D eigenvalue weighted by Gasteiger charge is 2.27. The predicted octanol–water partition coefficient (Wildman–Crippen LogP) is 2.98. The van der Waals surface area contributed by atoms with Crippen LogP contribution in [0.2, 0.25) is 5.02 Å². The molecule has 0 radical (unpaired) electrons. The fourth-order valence-corrected chi connectivity index (χ4v) is 2.45. The second-order valence-corrected chi connectivity index (χ2v) is 6.01. The Labute approximate surface area is 114 Å². The van der Waals surface area contributed by atoms with E-state index in [4.69, 9.17) is 11.6 Å². The molecule has 1 aliphatic rings. The number of amides is 1. The minimum absolute atomic E-state index is 0.00656. The van der Waals surface area contributed by atoms with Crippen LogP contribution in [0.1, 0.15) is 23.8 Å². The molecule has 1 aliphatic heterocycles. The van der Waals surface area contributed by atoms with Crippen LogP contribution in [0.15, 0.2) is 18.3 Å². The highest BCUT2D eigenvalue weighted by atomic mass is 79.9. The second kappa shape index (κ2) is 5.36. The van der Waals surface area contributed by atoms with Crippen LogP contribution in [0.25, 0.3) is 0 Å². The van der Waals surface area contributed by atoms with Gasteiger partial charge in [-0.25, -0.2) is 4.98 Å². The summed E-state index contributed by atoms with van der Waals surface area (Å²) in [5.74, 6) is 0.466. The van der Waals surface area contributed by atoms with Gasteiger partial charge in [-0.15, -0.1) is 0 Å². The van der Waals surface area contributed by atoms with Gasteiger partial charge in [0.2, 0.25) is 0 Å². The molecule has 0 spiro atoms. The van der Waals surface area contributed by atoms with Gasteiger partial charge in [-0.1, -0.05) is 34.5 Å². The molecule has 5 heteroatoms. The van der Waals surface area contributed by atoms with Crippen molar-refractivity contribution >= 4 is 33.4 Å². The summed E-state index contributed by atoms with van der Waals surface area (Å²) in [6, 6.07) is 3.37. The molecule has 0 bridgehead atoms. The normalized spacial score (nSPS) is 24.8. The zero-order chi connectivity index (χ0) is 12.4. The first-order valence-electron chi connectivity index (χ1n) is 5.63. The van der Waals surface area contributed by atoms with E-state index in [2.05, 4.69) is 27.8 Å². The lowest BCUT2D eigenvalue weighted by Gasteiger charge is -2.34. The molecule has 0 saturated carbocycles. The zero-order valence-electron chi connectivity index (χ0n) is 9.57. The van der Waals surface area contributed by atoms with E-state index >= 15 is 0 Å². The number of alkyl halides is 1. The average molecular weight is 318 g/mol. The van der Waals surface area contributed by atoms with Crippen molar-refractivity contribution in [2.24, 2.45) is 5.92 Å². The zero-order valence-corrected chi connectivity index (χ0v) is 11.9. The van der Waals surface area contributed by atoms with Crippen molar-refractivity contribution in [2.75, 3.05) is 13.1 Å². The van der Waals surface area contributed by atoms with Crippen LogP contribution >= 0.6 is 27.5 Å². The lowest BCUT2D eigenvalue weighted by molar-refractivity contribution is 0.0684. The number of halogens is 2. The van der Waals surface area contributed by atoms with Crippen molar-refractivity contribution in [3.8, 4) is 0 Å². The summed E-state index contributed by atoms with van der Waals surface area (Å²) >= 11 is 9.38. The van der Waals surface area contributed by atoms with E-state index in [0.29, 0.717) is 21.5 Å². The van der Waals surface area contributed by atoms with E-state index in [1.165, 1.54) is 6.20 Å². The number of aromatic nitrogens is 1. The molecular formula is C12H14BrClN2O. The maximum Gasteiger partial charge on any atom is 0.272 e. The molecule has 0 N–H and O–H groups in total. The third-order valence-corrected chi connectivity index (χ3v) is 4.62. The molecule has 2 atom stereocenters. The van der Waals surface area contributed by atoms with Crippen LogP contribution in [0.4, 0.5) is 0 Å². The van der Waals surface area contributed by atoms with Crippen molar-refractivity contribution in [3.63, 3.8) is 0 Å². The number of nitrogens with zero attached hydrogens (tertiary/aromatic N) is 2. The second-order valence-electron chi connectivity index (χ2n) is 4.39. The standard InChI is InChI=1S/C12H14BrClN2O/c1-8-7-16(5-4-10(8)13)12(17)11-3-2-9(14)6-15-11/h2-3,6,8,10H,4-5,7H2,1H3. The van der Waals surface area contributed by atoms with E-state index in [1.54, 1.807) is 12.1 Å². The highest BCUT2D eigenvalue weighted by molar-refractivity contribution is 9.09. The van der Waals surface area contributed by atoms with Crippen molar-refractivity contribution in [3.05, 3.63) is 29.0 Å². The maximum atomic E-state index is 12.2. The minimum atomic E-state index is -0.00656. The number of piperidine rings is 1. The van der Waals surface area contributed by atoms with Gasteiger partial charge >= 0.3 is 0 Å². The van der Waals surface area contributed by atoms with Crippen LogP contribution in [0.5, 0.6) is 0 Å². The van der Waals surface area contributed by atoms with Gasteiger partial charge in [0.15, 0.2) is 0 Å². The van der Waals surface area contributed by atoms with Crippen molar-refractivity contribution < 1.29 is 4.79 Å². The lowest BCUT2D eigenvalue weighted by Crippen LogP contribution is -2.43. The Morgan fingerprint density at radius 1 is 1.59 bits per heavy atom. The lowest BCUT2D eigenvalue weighted by atomic mass is 10.00. The van der Waals surface area contributed by atoms with Gasteiger partial charge in [-0.3, -0.25) is 4.79 Å². The predicted molar refractivity (Wildman–Crippen MR) is 71.6 cm³/mol. The Kier molecular flexibility index (Phi) is 4.05. The maximum absolute atomic E-state index is 12.2. The number of likely N-dealkylation sites (tertiary alicyclic amines) is 1. The molecule has 1 aromatic heterocycles. The molecule has 1 aromatic rings. The number of carbonyl (C=O) groups is 1. The fourth-order valence-electron chi connectivity index (χ4n) is 1.97. The summed E-state index contributed by atoms with van der Waals surface area (Å²) in [6.07, 6.45) is 2.50. The summed E-state index contributed by atoms with van der Waals surface area (Å²) in [6.45, 7) is 3.70. The van der Waals surface area contributed by atoms with E-state index in [0.717, 1.165) is 19.5 Å². The van der Waals surface area contributed by atoms with E-state index < -0.39 is 0 Å². The van der Waals surface area contributed by atoms with E-state index in [1.807, 2.05) is 4.90 Å².